The van der Waals surface area contributed by atoms with Gasteiger partial charge < -0.3 is 14.7 Å². The Morgan fingerprint density at radius 3 is 2.89 bits per heavy atom. The molecule has 1 atom stereocenters. The van der Waals surface area contributed by atoms with Crippen molar-refractivity contribution in [3.8, 4) is 0 Å². The summed E-state index contributed by atoms with van der Waals surface area (Å²) < 4.78 is 5.27. The van der Waals surface area contributed by atoms with E-state index in [1.165, 1.54) is 11.3 Å². The highest BCUT2D eigenvalue weighted by molar-refractivity contribution is 7.13. The molecule has 1 fully saturated rings. The maximum Gasteiger partial charge on any atom is 0.231 e. The van der Waals surface area contributed by atoms with Crippen LogP contribution in [-0.2, 0) is 21.4 Å². The minimum absolute atomic E-state index is 0.0620. The van der Waals surface area contributed by atoms with Crippen molar-refractivity contribution in [2.45, 2.75) is 58.3 Å². The van der Waals surface area contributed by atoms with Gasteiger partial charge in [0.2, 0.25) is 17.7 Å². The lowest BCUT2D eigenvalue weighted by atomic mass is 9.96. The van der Waals surface area contributed by atoms with E-state index in [0.717, 1.165) is 12.8 Å². The molecule has 2 amide bonds. The number of aromatic nitrogens is 3. The maximum atomic E-state index is 12.6. The van der Waals surface area contributed by atoms with E-state index in [1.54, 1.807) is 11.1 Å². The van der Waals surface area contributed by atoms with Crippen LogP contribution in [0.3, 0.4) is 0 Å². The third-order valence-corrected chi connectivity index (χ3v) is 5.42. The van der Waals surface area contributed by atoms with Crippen LogP contribution in [0.4, 0.5) is 5.13 Å². The van der Waals surface area contributed by atoms with Crippen LogP contribution in [0.2, 0.25) is 0 Å². The molecule has 1 aliphatic rings. The highest BCUT2D eigenvalue weighted by Crippen LogP contribution is 2.21. The van der Waals surface area contributed by atoms with Crippen LogP contribution in [0.5, 0.6) is 0 Å². The first-order chi connectivity index (χ1) is 13.3. The molecule has 1 unspecified atom stereocenters. The summed E-state index contributed by atoms with van der Waals surface area (Å²) in [6.07, 6.45) is 4.92. The zero-order valence-electron chi connectivity index (χ0n) is 16.6. The van der Waals surface area contributed by atoms with Crippen LogP contribution < -0.4 is 5.32 Å². The second-order valence-electron chi connectivity index (χ2n) is 8.12. The molecule has 3 heterocycles. The Kier molecular flexibility index (Phi) is 6.43. The summed E-state index contributed by atoms with van der Waals surface area (Å²) in [5.41, 5.74) is -0.153. The number of nitrogens with zero attached hydrogens (tertiary/aromatic N) is 4. The van der Waals surface area contributed by atoms with Gasteiger partial charge in [-0.3, -0.25) is 9.59 Å². The smallest absolute Gasteiger partial charge is 0.231 e. The van der Waals surface area contributed by atoms with Gasteiger partial charge in [-0.25, -0.2) is 4.98 Å². The van der Waals surface area contributed by atoms with E-state index < -0.39 is 0 Å². The van der Waals surface area contributed by atoms with Crippen molar-refractivity contribution in [3.05, 3.63) is 23.3 Å². The number of hydrogen-bond acceptors (Lipinski definition) is 7. The fourth-order valence-electron chi connectivity index (χ4n) is 3.12. The van der Waals surface area contributed by atoms with E-state index in [0.29, 0.717) is 49.2 Å². The molecule has 0 aliphatic carbocycles. The Labute approximate surface area is 168 Å². The lowest BCUT2D eigenvalue weighted by Crippen LogP contribution is -2.43. The molecule has 0 aromatic carbocycles. The standard InChI is InChI=1S/C19H27N5O3S/c1-19(2,3)17-21-14(27-23-17)7-4-8-15(25)24-10-5-6-13(12-24)16(26)22-18-20-9-11-28-18/h9,11,13H,4-8,10,12H2,1-3H3,(H,20,22,26). The molecule has 8 nitrogen and oxygen atoms in total. The number of carbonyl (C=O) groups excluding carboxylic acids is 2. The fraction of sp³-hybridized carbons (Fsp3) is 0.632. The third kappa shape index (κ3) is 5.37. The van der Waals surface area contributed by atoms with Gasteiger partial charge in [0.05, 0.1) is 5.92 Å². The molecule has 1 saturated heterocycles. The molecular formula is C19H27N5O3S. The largest absolute Gasteiger partial charge is 0.342 e. The van der Waals surface area contributed by atoms with Crippen molar-refractivity contribution < 1.29 is 14.1 Å². The minimum atomic E-state index is -0.188. The van der Waals surface area contributed by atoms with Gasteiger partial charge in [0, 0.05) is 42.9 Å². The molecule has 0 spiro atoms. The van der Waals surface area contributed by atoms with E-state index in [4.69, 9.17) is 4.52 Å². The van der Waals surface area contributed by atoms with Crippen molar-refractivity contribution in [3.63, 3.8) is 0 Å². The summed E-state index contributed by atoms with van der Waals surface area (Å²) in [6.45, 7) is 7.26. The lowest BCUT2D eigenvalue weighted by Gasteiger charge is -2.32. The Morgan fingerprint density at radius 2 is 2.21 bits per heavy atom. The van der Waals surface area contributed by atoms with Crippen molar-refractivity contribution in [2.24, 2.45) is 5.92 Å². The van der Waals surface area contributed by atoms with Gasteiger partial charge in [-0.05, 0) is 19.3 Å². The van der Waals surface area contributed by atoms with Gasteiger partial charge in [-0.15, -0.1) is 11.3 Å². The van der Waals surface area contributed by atoms with Gasteiger partial charge >= 0.3 is 0 Å². The number of rotatable bonds is 6. The third-order valence-electron chi connectivity index (χ3n) is 4.73. The Hall–Kier alpha value is -2.29. The average molecular weight is 406 g/mol. The number of piperidine rings is 1. The fourth-order valence-corrected chi connectivity index (χ4v) is 3.65. The van der Waals surface area contributed by atoms with Crippen molar-refractivity contribution in [1.82, 2.24) is 20.0 Å². The Bertz CT molecular complexity index is 797. The van der Waals surface area contributed by atoms with Crippen molar-refractivity contribution >= 4 is 28.3 Å². The predicted molar refractivity (Wildman–Crippen MR) is 106 cm³/mol. The SMILES string of the molecule is CC(C)(C)c1noc(CCCC(=O)N2CCCC(C(=O)Nc3nccs3)C2)n1. The lowest BCUT2D eigenvalue weighted by molar-refractivity contribution is -0.134. The first-order valence-corrected chi connectivity index (χ1v) is 10.5. The van der Waals surface area contributed by atoms with Crippen molar-refractivity contribution in [2.75, 3.05) is 18.4 Å². The van der Waals surface area contributed by atoms with Crippen LogP contribution in [0.1, 0.15) is 58.2 Å². The summed E-state index contributed by atoms with van der Waals surface area (Å²) in [7, 11) is 0. The monoisotopic (exact) mass is 405 g/mol. The summed E-state index contributed by atoms with van der Waals surface area (Å²) in [6, 6.07) is 0. The maximum absolute atomic E-state index is 12.6. The number of aryl methyl sites for hydroxylation is 1. The van der Waals surface area contributed by atoms with Crippen LogP contribution in [-0.4, -0.2) is 44.9 Å². The summed E-state index contributed by atoms with van der Waals surface area (Å²) in [4.78, 5) is 35.2. The molecule has 0 radical (unpaired) electrons. The summed E-state index contributed by atoms with van der Waals surface area (Å²) >= 11 is 1.39. The topological polar surface area (TPSA) is 101 Å². The number of nitrogens with one attached hydrogen (secondary N) is 1. The molecular weight excluding hydrogens is 378 g/mol. The Morgan fingerprint density at radius 1 is 1.39 bits per heavy atom. The quantitative estimate of drug-likeness (QED) is 0.793. The second-order valence-corrected chi connectivity index (χ2v) is 9.02. The highest BCUT2D eigenvalue weighted by atomic mass is 32.1. The van der Waals surface area contributed by atoms with E-state index >= 15 is 0 Å². The molecule has 152 valence electrons. The van der Waals surface area contributed by atoms with Gasteiger partial charge in [0.25, 0.3) is 0 Å². The highest BCUT2D eigenvalue weighted by Gasteiger charge is 2.28. The number of amides is 2. The summed E-state index contributed by atoms with van der Waals surface area (Å²) in [5, 5.41) is 9.26. The van der Waals surface area contributed by atoms with Crippen LogP contribution in [0, 0.1) is 5.92 Å². The van der Waals surface area contributed by atoms with E-state index in [1.807, 2.05) is 26.2 Å². The van der Waals surface area contributed by atoms with Gasteiger partial charge in [-0.2, -0.15) is 4.98 Å². The van der Waals surface area contributed by atoms with E-state index in [2.05, 4.69) is 20.4 Å². The zero-order chi connectivity index (χ0) is 20.1. The molecule has 0 bridgehead atoms. The molecule has 0 saturated carbocycles. The van der Waals surface area contributed by atoms with E-state index in [9.17, 15) is 9.59 Å². The first kappa shape index (κ1) is 20.4. The Balaban J connectivity index is 1.45. The number of hydrogen-bond donors (Lipinski definition) is 1. The molecule has 1 aliphatic heterocycles. The molecule has 2 aromatic rings. The van der Waals surface area contributed by atoms with Crippen LogP contribution in [0.25, 0.3) is 0 Å². The van der Waals surface area contributed by atoms with Gasteiger partial charge in [0.15, 0.2) is 11.0 Å². The van der Waals surface area contributed by atoms with Gasteiger partial charge in [-0.1, -0.05) is 25.9 Å². The first-order valence-electron chi connectivity index (χ1n) is 9.64. The number of carbonyl (C=O) groups is 2. The van der Waals surface area contributed by atoms with Crippen LogP contribution in [0.15, 0.2) is 16.1 Å². The molecule has 28 heavy (non-hydrogen) atoms. The summed E-state index contributed by atoms with van der Waals surface area (Å²) in [5.74, 6) is 1.07. The average Bonchev–Trinajstić information content (AvgIpc) is 3.33. The van der Waals surface area contributed by atoms with Crippen molar-refractivity contribution in [1.29, 1.82) is 0 Å². The zero-order valence-corrected chi connectivity index (χ0v) is 17.4. The number of likely N-dealkylation sites (tertiary alicyclic amines) is 1. The van der Waals surface area contributed by atoms with Crippen LogP contribution >= 0.6 is 11.3 Å². The second kappa shape index (κ2) is 8.81. The molecule has 1 N–H and O–H groups in total. The molecule has 2 aromatic heterocycles. The number of thiazole rings is 1. The molecule has 3 rings (SSSR count). The minimum Gasteiger partial charge on any atom is -0.342 e. The predicted octanol–water partition coefficient (Wildman–Crippen LogP) is 3.02. The molecule has 9 heteroatoms. The van der Waals surface area contributed by atoms with E-state index in [-0.39, 0.29) is 23.1 Å². The normalized spacial score (nSPS) is 17.5. The number of anilines is 1. The van der Waals surface area contributed by atoms with Gasteiger partial charge in [0.1, 0.15) is 0 Å².